The fourth-order valence-corrected chi connectivity index (χ4v) is 2.75. The van der Waals surface area contributed by atoms with Gasteiger partial charge in [-0.15, -0.1) is 0 Å². The van der Waals surface area contributed by atoms with Gasteiger partial charge in [0.25, 0.3) is 0 Å². The minimum absolute atomic E-state index is 0.296. The molecule has 1 aromatic heterocycles. The van der Waals surface area contributed by atoms with E-state index < -0.39 is 0 Å². The van der Waals surface area contributed by atoms with E-state index in [-0.39, 0.29) is 0 Å². The third-order valence-corrected chi connectivity index (χ3v) is 3.60. The maximum atomic E-state index is 8.46. The Balaban J connectivity index is 1.63. The Morgan fingerprint density at radius 1 is 1.41 bits per heavy atom. The second-order valence-electron chi connectivity index (χ2n) is 4.77. The van der Waals surface area contributed by atoms with Gasteiger partial charge in [-0.05, 0) is 25.7 Å². The first-order valence-electron chi connectivity index (χ1n) is 6.21. The number of aryl methyl sites for hydroxylation is 1. The number of ether oxygens (including phenoxy) is 1. The van der Waals surface area contributed by atoms with Crippen molar-refractivity contribution in [3.63, 3.8) is 0 Å². The molecule has 0 amide bonds. The number of fused-ring (bicyclic) bond motifs is 2. The number of aromatic nitrogens is 2. The first-order chi connectivity index (χ1) is 8.36. The number of nitriles is 1. The second-order valence-corrected chi connectivity index (χ2v) is 4.77. The van der Waals surface area contributed by atoms with Gasteiger partial charge in [0.2, 0.25) is 5.89 Å². The van der Waals surface area contributed by atoms with Gasteiger partial charge in [-0.25, -0.2) is 0 Å². The van der Waals surface area contributed by atoms with Gasteiger partial charge in [-0.2, -0.15) is 10.2 Å². The standard InChI is InChI=1S/C12H15N3O2/c13-6-2-1-3-11-14-12(15-17-11)9-7-8-4-5-10(9)16-8/h8-10H,1-5,7H2. The van der Waals surface area contributed by atoms with Crippen LogP contribution in [0.3, 0.4) is 0 Å². The summed E-state index contributed by atoms with van der Waals surface area (Å²) >= 11 is 0. The van der Waals surface area contributed by atoms with Crippen molar-refractivity contribution in [2.45, 2.75) is 56.7 Å². The number of unbranched alkanes of at least 4 members (excludes halogenated alkanes) is 1. The Hall–Kier alpha value is -1.41. The van der Waals surface area contributed by atoms with Crippen molar-refractivity contribution in [2.75, 3.05) is 0 Å². The van der Waals surface area contributed by atoms with Gasteiger partial charge in [0, 0.05) is 12.8 Å². The molecule has 5 nitrogen and oxygen atoms in total. The quantitative estimate of drug-likeness (QED) is 0.743. The fourth-order valence-electron chi connectivity index (χ4n) is 2.75. The topological polar surface area (TPSA) is 71.9 Å². The van der Waals surface area contributed by atoms with Crippen LogP contribution in [0.4, 0.5) is 0 Å². The molecular formula is C12H15N3O2. The van der Waals surface area contributed by atoms with E-state index in [1.807, 2.05) is 0 Å². The lowest BCUT2D eigenvalue weighted by atomic mass is 9.89. The Morgan fingerprint density at radius 3 is 3.06 bits per heavy atom. The van der Waals surface area contributed by atoms with E-state index in [1.54, 1.807) is 0 Å². The van der Waals surface area contributed by atoms with Crippen molar-refractivity contribution in [3.05, 3.63) is 11.7 Å². The normalized spacial score (nSPS) is 30.6. The Morgan fingerprint density at radius 2 is 2.35 bits per heavy atom. The maximum absolute atomic E-state index is 8.46. The summed E-state index contributed by atoms with van der Waals surface area (Å²) in [6.07, 6.45) is 6.04. The molecule has 2 fully saturated rings. The minimum atomic E-state index is 0.296. The van der Waals surface area contributed by atoms with Crippen LogP contribution in [-0.4, -0.2) is 22.3 Å². The summed E-state index contributed by atoms with van der Waals surface area (Å²) in [5.74, 6) is 1.77. The van der Waals surface area contributed by atoms with E-state index >= 15 is 0 Å². The van der Waals surface area contributed by atoms with Crippen LogP contribution in [0.5, 0.6) is 0 Å². The van der Waals surface area contributed by atoms with Gasteiger partial charge in [-0.3, -0.25) is 0 Å². The molecular weight excluding hydrogens is 218 g/mol. The summed E-state index contributed by atoms with van der Waals surface area (Å²) in [7, 11) is 0. The van der Waals surface area contributed by atoms with Gasteiger partial charge in [-0.1, -0.05) is 5.16 Å². The molecule has 0 spiro atoms. The zero-order valence-corrected chi connectivity index (χ0v) is 9.63. The zero-order chi connectivity index (χ0) is 11.7. The Kier molecular flexibility index (Phi) is 2.81. The van der Waals surface area contributed by atoms with Crippen LogP contribution in [0.15, 0.2) is 4.52 Å². The highest BCUT2D eigenvalue weighted by molar-refractivity contribution is 5.06. The third-order valence-electron chi connectivity index (χ3n) is 3.60. The smallest absolute Gasteiger partial charge is 0.226 e. The van der Waals surface area contributed by atoms with Crippen LogP contribution < -0.4 is 0 Å². The van der Waals surface area contributed by atoms with Gasteiger partial charge in [0.05, 0.1) is 24.2 Å². The largest absolute Gasteiger partial charge is 0.374 e. The number of nitrogens with zero attached hydrogens (tertiary/aromatic N) is 3. The van der Waals surface area contributed by atoms with Crippen molar-refractivity contribution < 1.29 is 9.26 Å². The molecule has 0 saturated carbocycles. The molecule has 3 heterocycles. The maximum Gasteiger partial charge on any atom is 0.226 e. The van der Waals surface area contributed by atoms with E-state index in [4.69, 9.17) is 14.5 Å². The summed E-state index contributed by atoms with van der Waals surface area (Å²) in [5.41, 5.74) is 0. The van der Waals surface area contributed by atoms with Crippen LogP contribution >= 0.6 is 0 Å². The second kappa shape index (κ2) is 4.46. The van der Waals surface area contributed by atoms with Gasteiger partial charge in [0.1, 0.15) is 0 Å². The summed E-state index contributed by atoms with van der Waals surface area (Å²) < 4.78 is 11.0. The summed E-state index contributed by atoms with van der Waals surface area (Å²) in [6, 6.07) is 2.11. The van der Waals surface area contributed by atoms with Crippen LogP contribution in [0.1, 0.15) is 49.7 Å². The van der Waals surface area contributed by atoms with Crippen LogP contribution in [0.25, 0.3) is 0 Å². The molecule has 17 heavy (non-hydrogen) atoms. The van der Waals surface area contributed by atoms with Crippen molar-refractivity contribution in [3.8, 4) is 6.07 Å². The van der Waals surface area contributed by atoms with Crippen molar-refractivity contribution >= 4 is 0 Å². The fraction of sp³-hybridized carbons (Fsp3) is 0.750. The molecule has 1 aromatic rings. The Labute approximate surface area is 99.8 Å². The molecule has 3 unspecified atom stereocenters. The minimum Gasteiger partial charge on any atom is -0.374 e. The molecule has 0 N–H and O–H groups in total. The predicted octanol–water partition coefficient (Wildman–Crippen LogP) is 1.95. The lowest BCUT2D eigenvalue weighted by Gasteiger charge is -2.13. The van der Waals surface area contributed by atoms with Crippen LogP contribution in [0.2, 0.25) is 0 Å². The van der Waals surface area contributed by atoms with Gasteiger partial charge >= 0.3 is 0 Å². The highest BCUT2D eigenvalue weighted by Crippen LogP contribution is 2.43. The van der Waals surface area contributed by atoms with Crippen molar-refractivity contribution in [1.29, 1.82) is 5.26 Å². The highest BCUT2D eigenvalue weighted by atomic mass is 16.5. The molecule has 3 rings (SSSR count). The van der Waals surface area contributed by atoms with E-state index in [0.29, 0.717) is 36.9 Å². The third kappa shape index (κ3) is 2.05. The summed E-state index contributed by atoms with van der Waals surface area (Å²) in [6.45, 7) is 0. The van der Waals surface area contributed by atoms with Crippen LogP contribution in [0, 0.1) is 11.3 Å². The molecule has 2 bridgehead atoms. The molecule has 2 saturated heterocycles. The molecule has 5 heteroatoms. The number of rotatable bonds is 4. The average molecular weight is 233 g/mol. The molecule has 0 aliphatic carbocycles. The molecule has 2 aliphatic rings. The highest BCUT2D eigenvalue weighted by Gasteiger charge is 2.43. The van der Waals surface area contributed by atoms with Gasteiger partial charge in [0.15, 0.2) is 5.82 Å². The first kappa shape index (κ1) is 10.7. The predicted molar refractivity (Wildman–Crippen MR) is 58.1 cm³/mol. The van der Waals surface area contributed by atoms with E-state index in [9.17, 15) is 0 Å². The van der Waals surface area contributed by atoms with E-state index in [1.165, 1.54) is 6.42 Å². The summed E-state index contributed by atoms with van der Waals surface area (Å²) in [4.78, 5) is 4.42. The molecule has 0 radical (unpaired) electrons. The molecule has 90 valence electrons. The van der Waals surface area contributed by atoms with E-state index in [0.717, 1.165) is 25.1 Å². The van der Waals surface area contributed by atoms with Crippen molar-refractivity contribution in [1.82, 2.24) is 10.1 Å². The average Bonchev–Trinajstić information content (AvgIpc) is 3.04. The SMILES string of the molecule is N#CCCCc1nc(C2CC3CCC2O3)no1. The monoisotopic (exact) mass is 233 g/mol. The summed E-state index contributed by atoms with van der Waals surface area (Å²) in [5, 5.41) is 12.5. The zero-order valence-electron chi connectivity index (χ0n) is 9.63. The van der Waals surface area contributed by atoms with Crippen molar-refractivity contribution in [2.24, 2.45) is 0 Å². The number of hydrogen-bond acceptors (Lipinski definition) is 5. The molecule has 3 atom stereocenters. The molecule has 0 aromatic carbocycles. The lowest BCUT2D eigenvalue weighted by molar-refractivity contribution is 0.0996. The van der Waals surface area contributed by atoms with Crippen LogP contribution in [-0.2, 0) is 11.2 Å². The molecule has 2 aliphatic heterocycles. The van der Waals surface area contributed by atoms with E-state index in [2.05, 4.69) is 16.2 Å². The lowest BCUT2D eigenvalue weighted by Crippen LogP contribution is -2.15. The Bertz CT molecular complexity index is 437. The first-order valence-corrected chi connectivity index (χ1v) is 6.21. The number of hydrogen-bond donors (Lipinski definition) is 0. The van der Waals surface area contributed by atoms with Gasteiger partial charge < -0.3 is 9.26 Å².